The molecule has 4 nitrogen and oxygen atoms in total. The quantitative estimate of drug-likeness (QED) is 0.509. The van der Waals surface area contributed by atoms with Crippen molar-refractivity contribution >= 4 is 28.8 Å². The number of methoxy groups -OCH3 is 1. The van der Waals surface area contributed by atoms with Gasteiger partial charge in [-0.05, 0) is 53.8 Å². The molecular formula is C26H23ClN2O2. The molecule has 5 heteroatoms. The van der Waals surface area contributed by atoms with Gasteiger partial charge in [-0.3, -0.25) is 4.79 Å². The number of hydrogen-bond acceptors (Lipinski definition) is 4. The summed E-state index contributed by atoms with van der Waals surface area (Å²) in [7, 11) is 1.65. The lowest BCUT2D eigenvalue weighted by Gasteiger charge is -2.30. The van der Waals surface area contributed by atoms with Gasteiger partial charge in [0.15, 0.2) is 5.78 Å². The Bertz CT molecular complexity index is 1170. The standard InChI is InChI=1S/C26H23ClN2O2/c1-31-20-9-5-8-17(12-20)26-25-23(28-22-15-19(27)10-11-21(22)29-26)13-18(14-24(25)30)16-6-3-2-4-7-16/h2-12,15,18,26,28-29H,13-14H2,1H3. The van der Waals surface area contributed by atoms with Crippen molar-refractivity contribution < 1.29 is 9.53 Å². The molecule has 0 bridgehead atoms. The van der Waals surface area contributed by atoms with Gasteiger partial charge in [-0.25, -0.2) is 0 Å². The van der Waals surface area contributed by atoms with Crippen LogP contribution in [0.2, 0.25) is 5.02 Å². The van der Waals surface area contributed by atoms with E-state index < -0.39 is 0 Å². The van der Waals surface area contributed by atoms with Crippen LogP contribution in [0.25, 0.3) is 0 Å². The number of nitrogens with one attached hydrogen (secondary N) is 2. The van der Waals surface area contributed by atoms with Crippen molar-refractivity contribution in [2.45, 2.75) is 24.8 Å². The van der Waals surface area contributed by atoms with Gasteiger partial charge < -0.3 is 15.4 Å². The van der Waals surface area contributed by atoms with E-state index in [1.54, 1.807) is 7.11 Å². The highest BCUT2D eigenvalue weighted by atomic mass is 35.5. The summed E-state index contributed by atoms with van der Waals surface area (Å²) < 4.78 is 5.44. The van der Waals surface area contributed by atoms with Crippen molar-refractivity contribution in [2.75, 3.05) is 17.7 Å². The first kappa shape index (κ1) is 19.7. The Morgan fingerprint density at radius 2 is 1.71 bits per heavy atom. The maximum absolute atomic E-state index is 13.5. The molecule has 1 aliphatic carbocycles. The highest BCUT2D eigenvalue weighted by molar-refractivity contribution is 6.31. The number of carbonyl (C=O) groups is 1. The van der Waals surface area contributed by atoms with E-state index in [0.717, 1.165) is 40.4 Å². The van der Waals surface area contributed by atoms with E-state index in [-0.39, 0.29) is 17.7 Å². The molecule has 0 saturated carbocycles. The molecule has 2 aliphatic rings. The van der Waals surface area contributed by atoms with Crippen molar-refractivity contribution in [2.24, 2.45) is 0 Å². The van der Waals surface area contributed by atoms with Crippen LogP contribution < -0.4 is 15.4 Å². The fourth-order valence-electron chi connectivity index (χ4n) is 4.55. The summed E-state index contributed by atoms with van der Waals surface area (Å²) in [5, 5.41) is 7.77. The zero-order valence-corrected chi connectivity index (χ0v) is 17.9. The Balaban J connectivity index is 1.63. The SMILES string of the molecule is COc1cccc(C2Nc3ccc(Cl)cc3NC3=C2C(=O)CC(c2ccccc2)C3)c1. The molecule has 0 amide bonds. The number of halogens is 1. The van der Waals surface area contributed by atoms with Crippen LogP contribution in [0.4, 0.5) is 11.4 Å². The summed E-state index contributed by atoms with van der Waals surface area (Å²) in [5.74, 6) is 1.06. The maximum Gasteiger partial charge on any atom is 0.163 e. The number of anilines is 2. The average molecular weight is 431 g/mol. The minimum absolute atomic E-state index is 0.145. The molecule has 0 spiro atoms. The lowest BCUT2D eigenvalue weighted by atomic mass is 9.78. The molecule has 1 aliphatic heterocycles. The first-order valence-corrected chi connectivity index (χ1v) is 10.8. The summed E-state index contributed by atoms with van der Waals surface area (Å²) in [6, 6.07) is 23.6. The Morgan fingerprint density at radius 3 is 2.52 bits per heavy atom. The zero-order chi connectivity index (χ0) is 21.4. The van der Waals surface area contributed by atoms with Crippen LogP contribution in [-0.2, 0) is 4.79 Å². The van der Waals surface area contributed by atoms with Gasteiger partial charge in [0.05, 0.1) is 24.5 Å². The lowest BCUT2D eigenvalue weighted by molar-refractivity contribution is -0.116. The van der Waals surface area contributed by atoms with Gasteiger partial charge in [-0.1, -0.05) is 54.1 Å². The zero-order valence-electron chi connectivity index (χ0n) is 17.2. The topological polar surface area (TPSA) is 50.4 Å². The predicted molar refractivity (Wildman–Crippen MR) is 125 cm³/mol. The molecule has 31 heavy (non-hydrogen) atoms. The van der Waals surface area contributed by atoms with Crippen LogP contribution in [0.3, 0.4) is 0 Å². The van der Waals surface area contributed by atoms with Crippen LogP contribution >= 0.6 is 11.6 Å². The smallest absolute Gasteiger partial charge is 0.163 e. The van der Waals surface area contributed by atoms with E-state index in [9.17, 15) is 4.79 Å². The number of ketones is 1. The van der Waals surface area contributed by atoms with Gasteiger partial charge in [0.1, 0.15) is 5.75 Å². The second kappa shape index (κ2) is 8.12. The number of fused-ring (bicyclic) bond motifs is 1. The van der Waals surface area contributed by atoms with Crippen molar-refractivity contribution in [3.8, 4) is 5.75 Å². The lowest BCUT2D eigenvalue weighted by Crippen LogP contribution is -2.26. The average Bonchev–Trinajstić information content (AvgIpc) is 2.96. The van der Waals surface area contributed by atoms with Crippen LogP contribution in [0.5, 0.6) is 5.75 Å². The molecular weight excluding hydrogens is 408 g/mol. The molecule has 0 saturated heterocycles. The number of Topliss-reactive ketones (excluding diaryl/α,β-unsaturated/α-hetero) is 1. The molecule has 0 radical (unpaired) electrons. The van der Waals surface area contributed by atoms with E-state index in [4.69, 9.17) is 16.3 Å². The summed E-state index contributed by atoms with van der Waals surface area (Å²) in [4.78, 5) is 13.5. The van der Waals surface area contributed by atoms with Crippen molar-refractivity contribution in [3.05, 3.63) is 100 Å². The summed E-state index contributed by atoms with van der Waals surface area (Å²) >= 11 is 6.28. The molecule has 2 unspecified atom stereocenters. The number of allylic oxidation sites excluding steroid dienone is 1. The second-order valence-corrected chi connectivity index (χ2v) is 8.44. The molecule has 5 rings (SSSR count). The molecule has 156 valence electrons. The van der Waals surface area contributed by atoms with Gasteiger partial charge in [0, 0.05) is 22.7 Å². The van der Waals surface area contributed by atoms with Crippen LogP contribution in [-0.4, -0.2) is 12.9 Å². The van der Waals surface area contributed by atoms with E-state index in [1.807, 2.05) is 60.7 Å². The first-order chi connectivity index (χ1) is 15.1. The third-order valence-corrected chi connectivity index (χ3v) is 6.30. The van der Waals surface area contributed by atoms with Gasteiger partial charge in [0.25, 0.3) is 0 Å². The molecule has 3 aromatic rings. The second-order valence-electron chi connectivity index (χ2n) is 8.00. The van der Waals surface area contributed by atoms with Crippen molar-refractivity contribution in [1.29, 1.82) is 0 Å². The Hall–Kier alpha value is -3.24. The Kier molecular flexibility index (Phi) is 5.16. The number of rotatable bonds is 3. The number of ether oxygens (including phenoxy) is 1. The predicted octanol–water partition coefficient (Wildman–Crippen LogP) is 6.33. The van der Waals surface area contributed by atoms with E-state index >= 15 is 0 Å². The van der Waals surface area contributed by atoms with Gasteiger partial charge >= 0.3 is 0 Å². The Morgan fingerprint density at radius 1 is 0.903 bits per heavy atom. The minimum atomic E-state index is -0.274. The monoisotopic (exact) mass is 430 g/mol. The van der Waals surface area contributed by atoms with Crippen LogP contribution in [0, 0.1) is 0 Å². The van der Waals surface area contributed by atoms with Gasteiger partial charge in [0.2, 0.25) is 0 Å². The van der Waals surface area contributed by atoms with Crippen LogP contribution in [0.15, 0.2) is 84.1 Å². The molecule has 3 aromatic carbocycles. The third-order valence-electron chi connectivity index (χ3n) is 6.06. The van der Waals surface area contributed by atoms with Crippen LogP contribution in [0.1, 0.15) is 35.9 Å². The number of hydrogen-bond donors (Lipinski definition) is 2. The molecule has 0 aromatic heterocycles. The highest BCUT2D eigenvalue weighted by Gasteiger charge is 2.36. The Labute approximate surface area is 186 Å². The fraction of sp³-hybridized carbons (Fsp3) is 0.192. The summed E-state index contributed by atoms with van der Waals surface area (Å²) in [5.41, 5.74) is 5.70. The van der Waals surface area contributed by atoms with E-state index in [1.165, 1.54) is 5.56 Å². The van der Waals surface area contributed by atoms with Gasteiger partial charge in [-0.2, -0.15) is 0 Å². The summed E-state index contributed by atoms with van der Waals surface area (Å²) in [6.07, 6.45) is 1.25. The fourth-order valence-corrected chi connectivity index (χ4v) is 4.72. The summed E-state index contributed by atoms with van der Waals surface area (Å²) in [6.45, 7) is 0. The normalized spacial score (nSPS) is 20.1. The minimum Gasteiger partial charge on any atom is -0.497 e. The number of benzene rings is 3. The molecule has 2 N–H and O–H groups in total. The number of carbonyl (C=O) groups excluding carboxylic acids is 1. The van der Waals surface area contributed by atoms with Crippen molar-refractivity contribution in [3.63, 3.8) is 0 Å². The molecule has 0 fully saturated rings. The van der Waals surface area contributed by atoms with Gasteiger partial charge in [-0.15, -0.1) is 0 Å². The van der Waals surface area contributed by atoms with Crippen molar-refractivity contribution in [1.82, 2.24) is 0 Å². The maximum atomic E-state index is 13.5. The largest absolute Gasteiger partial charge is 0.497 e. The molecule has 1 heterocycles. The molecule has 2 atom stereocenters. The first-order valence-electron chi connectivity index (χ1n) is 10.4. The van der Waals surface area contributed by atoms with E-state index in [2.05, 4.69) is 22.8 Å². The van der Waals surface area contributed by atoms with E-state index in [0.29, 0.717) is 11.4 Å². The third kappa shape index (κ3) is 3.79. The highest BCUT2D eigenvalue weighted by Crippen LogP contribution is 2.45.